The normalized spacial score (nSPS) is 20.6. The summed E-state index contributed by atoms with van der Waals surface area (Å²) in [6.45, 7) is 1.53. The molecule has 0 spiro atoms. The first-order valence-corrected chi connectivity index (χ1v) is 7.49. The maximum Gasteiger partial charge on any atom is 0.391 e. The van der Waals surface area contributed by atoms with Gasteiger partial charge in [-0.05, 0) is 18.9 Å². The smallest absolute Gasteiger partial charge is 0.362 e. The third kappa shape index (κ3) is 5.07. The minimum Gasteiger partial charge on any atom is -0.362 e. The van der Waals surface area contributed by atoms with Gasteiger partial charge in [-0.3, -0.25) is 4.99 Å². The van der Waals surface area contributed by atoms with E-state index in [-0.39, 0.29) is 6.04 Å². The first-order valence-electron chi connectivity index (χ1n) is 6.50. The van der Waals surface area contributed by atoms with Crippen LogP contribution in [0.4, 0.5) is 13.2 Å². The fraction of sp³-hybridized carbons (Fsp3) is 0.500. The van der Waals surface area contributed by atoms with Crippen molar-refractivity contribution in [1.29, 1.82) is 0 Å². The predicted molar refractivity (Wildman–Crippen MR) is 77.1 cm³/mol. The number of thioether (sulfide) groups is 1. The Morgan fingerprint density at radius 2 is 2.05 bits per heavy atom. The second-order valence-corrected chi connectivity index (χ2v) is 5.96. The average Bonchev–Trinajstić information content (AvgIpc) is 2.75. The molecule has 0 saturated heterocycles. The van der Waals surface area contributed by atoms with Gasteiger partial charge in [-0.15, -0.1) is 0 Å². The number of rotatable bonds is 4. The van der Waals surface area contributed by atoms with Crippen molar-refractivity contribution in [2.45, 2.75) is 38.0 Å². The summed E-state index contributed by atoms with van der Waals surface area (Å²) < 4.78 is 36.8. The Morgan fingerprint density at radius 3 is 2.70 bits per heavy atom. The molecule has 2 rings (SSSR count). The highest BCUT2D eigenvalue weighted by molar-refractivity contribution is 8.14. The first-order chi connectivity index (χ1) is 9.42. The minimum absolute atomic E-state index is 0.142. The van der Waals surface area contributed by atoms with Crippen LogP contribution in [0.15, 0.2) is 35.3 Å². The molecule has 6 heteroatoms. The Labute approximate surface area is 120 Å². The molecule has 1 N–H and O–H groups in total. The van der Waals surface area contributed by atoms with Crippen LogP contribution in [0.25, 0.3) is 0 Å². The molecule has 20 heavy (non-hydrogen) atoms. The van der Waals surface area contributed by atoms with Crippen LogP contribution < -0.4 is 5.32 Å². The average molecular weight is 302 g/mol. The molecule has 1 aromatic carbocycles. The lowest BCUT2D eigenvalue weighted by Crippen LogP contribution is -2.33. The molecule has 1 aliphatic rings. The fourth-order valence-electron chi connectivity index (χ4n) is 2.09. The highest BCUT2D eigenvalue weighted by Gasteiger charge is 2.31. The van der Waals surface area contributed by atoms with Crippen LogP contribution in [0.5, 0.6) is 0 Å². The Morgan fingerprint density at radius 1 is 1.35 bits per heavy atom. The summed E-state index contributed by atoms with van der Waals surface area (Å²) >= 11 is 1.50. The topological polar surface area (TPSA) is 24.4 Å². The van der Waals surface area contributed by atoms with Gasteiger partial charge in [0.05, 0.1) is 12.5 Å². The Bertz CT molecular complexity index is 459. The van der Waals surface area contributed by atoms with E-state index >= 15 is 0 Å². The van der Waals surface area contributed by atoms with E-state index in [2.05, 4.69) is 10.3 Å². The maximum absolute atomic E-state index is 12.3. The standard InChI is InChI=1S/C14H17F3N2S/c1-10(8-14(15,16)17)18-13-19-12(9-20-13)7-11-5-3-2-4-6-11/h2-6,10,12H,7-9H2,1H3,(H,18,19). The quantitative estimate of drug-likeness (QED) is 0.918. The largest absolute Gasteiger partial charge is 0.391 e. The Kier molecular flexibility index (Phi) is 4.96. The van der Waals surface area contributed by atoms with Crippen molar-refractivity contribution < 1.29 is 13.2 Å². The van der Waals surface area contributed by atoms with Crippen LogP contribution >= 0.6 is 11.8 Å². The summed E-state index contributed by atoms with van der Waals surface area (Å²) in [4.78, 5) is 4.45. The van der Waals surface area contributed by atoms with Crippen molar-refractivity contribution in [2.75, 3.05) is 5.75 Å². The second-order valence-electron chi connectivity index (χ2n) is 4.95. The van der Waals surface area contributed by atoms with E-state index in [4.69, 9.17) is 0 Å². The lowest BCUT2D eigenvalue weighted by atomic mass is 10.1. The second kappa shape index (κ2) is 6.52. The van der Waals surface area contributed by atoms with E-state index in [1.165, 1.54) is 24.2 Å². The summed E-state index contributed by atoms with van der Waals surface area (Å²) in [5.41, 5.74) is 1.20. The van der Waals surface area contributed by atoms with E-state index in [9.17, 15) is 13.2 Å². The molecule has 0 bridgehead atoms. The number of hydrogen-bond acceptors (Lipinski definition) is 3. The van der Waals surface area contributed by atoms with Crippen LogP contribution in [0.2, 0.25) is 0 Å². The van der Waals surface area contributed by atoms with Gasteiger partial charge in [-0.25, -0.2) is 0 Å². The molecule has 2 unspecified atom stereocenters. The van der Waals surface area contributed by atoms with E-state index in [0.717, 1.165) is 12.2 Å². The fourth-order valence-corrected chi connectivity index (χ4v) is 3.14. The van der Waals surface area contributed by atoms with Crippen molar-refractivity contribution >= 4 is 16.9 Å². The van der Waals surface area contributed by atoms with Crippen LogP contribution in [-0.2, 0) is 6.42 Å². The first kappa shape index (κ1) is 15.2. The minimum atomic E-state index is -4.14. The molecule has 1 aliphatic heterocycles. The number of hydrogen-bond donors (Lipinski definition) is 1. The SMILES string of the molecule is CC(CC(F)(F)F)NC1=NC(Cc2ccccc2)CS1. The summed E-state index contributed by atoms with van der Waals surface area (Å²) in [5.74, 6) is 0.815. The van der Waals surface area contributed by atoms with Gasteiger partial charge in [0.1, 0.15) is 0 Å². The van der Waals surface area contributed by atoms with Crippen molar-refractivity contribution in [3.05, 3.63) is 35.9 Å². The number of amidine groups is 1. The van der Waals surface area contributed by atoms with Crippen molar-refractivity contribution in [1.82, 2.24) is 5.32 Å². The molecule has 2 nitrogen and oxygen atoms in total. The van der Waals surface area contributed by atoms with Crippen molar-refractivity contribution in [2.24, 2.45) is 4.99 Å². The number of halogens is 3. The third-order valence-electron chi connectivity index (χ3n) is 2.93. The number of nitrogens with zero attached hydrogens (tertiary/aromatic N) is 1. The molecular weight excluding hydrogens is 285 g/mol. The molecule has 0 aliphatic carbocycles. The zero-order valence-corrected chi connectivity index (χ0v) is 12.0. The summed E-state index contributed by atoms with van der Waals surface area (Å²) in [5, 5.41) is 3.47. The van der Waals surface area contributed by atoms with Crippen molar-refractivity contribution in [3.63, 3.8) is 0 Å². The Hall–Kier alpha value is -1.17. The van der Waals surface area contributed by atoms with E-state index < -0.39 is 18.6 Å². The zero-order chi connectivity index (χ0) is 14.6. The van der Waals surface area contributed by atoms with Gasteiger partial charge in [0.15, 0.2) is 5.17 Å². The highest BCUT2D eigenvalue weighted by Crippen LogP contribution is 2.24. The van der Waals surface area contributed by atoms with Crippen LogP contribution in [0.1, 0.15) is 18.9 Å². The molecular formula is C14H17F3N2S. The lowest BCUT2D eigenvalue weighted by Gasteiger charge is -2.16. The molecule has 0 saturated carbocycles. The summed E-state index contributed by atoms with van der Waals surface area (Å²) in [6.07, 6.45) is -4.15. The number of benzene rings is 1. The monoisotopic (exact) mass is 302 g/mol. The van der Waals surface area contributed by atoms with Gasteiger partial charge in [0.2, 0.25) is 0 Å². The van der Waals surface area contributed by atoms with E-state index in [0.29, 0.717) is 5.17 Å². The number of nitrogens with one attached hydrogen (secondary N) is 1. The molecule has 0 aromatic heterocycles. The summed E-state index contributed by atoms with van der Waals surface area (Å²) in [7, 11) is 0. The zero-order valence-electron chi connectivity index (χ0n) is 11.2. The van der Waals surface area contributed by atoms with Gasteiger partial charge in [-0.2, -0.15) is 13.2 Å². The van der Waals surface area contributed by atoms with Crippen LogP contribution in [-0.4, -0.2) is 29.2 Å². The van der Waals surface area contributed by atoms with Gasteiger partial charge in [-0.1, -0.05) is 42.1 Å². The van der Waals surface area contributed by atoms with Gasteiger partial charge >= 0.3 is 6.18 Å². The molecule has 110 valence electrons. The number of aliphatic imine (C=N–C) groups is 1. The van der Waals surface area contributed by atoms with E-state index in [1.807, 2.05) is 30.3 Å². The van der Waals surface area contributed by atoms with Gasteiger partial charge in [0.25, 0.3) is 0 Å². The molecule has 0 radical (unpaired) electrons. The van der Waals surface area contributed by atoms with Gasteiger partial charge < -0.3 is 5.32 Å². The summed E-state index contributed by atoms with van der Waals surface area (Å²) in [6, 6.07) is 9.49. The van der Waals surface area contributed by atoms with Crippen molar-refractivity contribution in [3.8, 4) is 0 Å². The van der Waals surface area contributed by atoms with Gasteiger partial charge in [0, 0.05) is 11.8 Å². The maximum atomic E-state index is 12.3. The van der Waals surface area contributed by atoms with Crippen LogP contribution in [0.3, 0.4) is 0 Å². The molecule has 0 amide bonds. The predicted octanol–water partition coefficient (Wildman–Crippen LogP) is 3.63. The molecule has 2 atom stereocenters. The van der Waals surface area contributed by atoms with Crippen LogP contribution in [0, 0.1) is 0 Å². The highest BCUT2D eigenvalue weighted by atomic mass is 32.2. The number of alkyl halides is 3. The molecule has 1 heterocycles. The van der Waals surface area contributed by atoms with E-state index in [1.54, 1.807) is 0 Å². The third-order valence-corrected chi connectivity index (χ3v) is 3.98. The molecule has 1 aromatic rings. The molecule has 0 fully saturated rings. The Balaban J connectivity index is 1.84. The lowest BCUT2D eigenvalue weighted by molar-refractivity contribution is -0.138.